The first-order chi connectivity index (χ1) is 8.93. The fraction of sp³-hybridized carbons (Fsp3) is 0.364. The van der Waals surface area contributed by atoms with Crippen molar-refractivity contribution in [3.63, 3.8) is 0 Å². The van der Waals surface area contributed by atoms with E-state index in [-0.39, 0.29) is 4.90 Å². The number of hydrogen-bond acceptors (Lipinski definition) is 1. The first kappa shape index (κ1) is 16.3. The minimum Gasteiger partial charge on any atom is -0.333 e. The Bertz CT molecular complexity index is 506. The van der Waals surface area contributed by atoms with Crippen LogP contribution in [0, 0.1) is 5.82 Å². The minimum absolute atomic E-state index is 0.0958. The normalized spacial score (nSPS) is 12.4. The van der Waals surface area contributed by atoms with Crippen LogP contribution >= 0.6 is 0 Å². The van der Waals surface area contributed by atoms with Crippen LogP contribution in [0.1, 0.15) is 15.9 Å². The number of nitrogens with zero attached hydrogens (tertiary/aromatic N) is 1. The van der Waals surface area contributed by atoms with Crippen molar-refractivity contribution in [2.24, 2.45) is 0 Å². The Morgan fingerprint density at radius 1 is 1.15 bits per heavy atom. The highest BCUT2D eigenvalue weighted by Crippen LogP contribution is 2.32. The smallest absolute Gasteiger partial charge is 0.333 e. The number of halogens is 7. The molecular formula is C11H8F7NO. The van der Waals surface area contributed by atoms with Gasteiger partial charge in [0, 0.05) is 7.05 Å². The van der Waals surface area contributed by atoms with E-state index in [9.17, 15) is 35.5 Å². The number of carbonyl (C=O) groups is 1. The molecule has 9 heteroatoms. The fourth-order valence-corrected chi connectivity index (χ4v) is 1.46. The zero-order valence-electron chi connectivity index (χ0n) is 9.94. The Morgan fingerprint density at radius 3 is 2.15 bits per heavy atom. The van der Waals surface area contributed by atoms with Gasteiger partial charge in [0.05, 0.1) is 11.1 Å². The molecule has 0 spiro atoms. The van der Waals surface area contributed by atoms with Gasteiger partial charge < -0.3 is 4.90 Å². The average molecular weight is 303 g/mol. The zero-order valence-corrected chi connectivity index (χ0v) is 9.94. The van der Waals surface area contributed by atoms with Crippen LogP contribution in [0.5, 0.6) is 0 Å². The van der Waals surface area contributed by atoms with Crippen LogP contribution in [0.4, 0.5) is 30.7 Å². The summed E-state index contributed by atoms with van der Waals surface area (Å²) < 4.78 is 87.1. The number of alkyl halides is 6. The first-order valence-corrected chi connectivity index (χ1v) is 5.11. The highest BCUT2D eigenvalue weighted by molar-refractivity contribution is 5.94. The van der Waals surface area contributed by atoms with Gasteiger partial charge in [0.15, 0.2) is 0 Å². The van der Waals surface area contributed by atoms with E-state index in [1.54, 1.807) is 0 Å². The Labute approximate surface area is 108 Å². The van der Waals surface area contributed by atoms with Gasteiger partial charge in [-0.15, -0.1) is 0 Å². The van der Waals surface area contributed by atoms with E-state index in [0.717, 1.165) is 13.1 Å². The summed E-state index contributed by atoms with van der Waals surface area (Å²) in [5.41, 5.74) is -2.77. The largest absolute Gasteiger partial charge is 0.419 e. The zero-order chi connectivity index (χ0) is 15.7. The maximum absolute atomic E-state index is 13.6. The maximum atomic E-state index is 13.6. The van der Waals surface area contributed by atoms with Crippen molar-refractivity contribution >= 4 is 5.91 Å². The molecule has 1 amide bonds. The van der Waals surface area contributed by atoms with E-state index in [1.165, 1.54) is 0 Å². The van der Waals surface area contributed by atoms with E-state index in [0.29, 0.717) is 12.1 Å². The van der Waals surface area contributed by atoms with Crippen molar-refractivity contribution in [2.45, 2.75) is 12.4 Å². The molecule has 0 unspecified atom stereocenters. The fourth-order valence-electron chi connectivity index (χ4n) is 1.46. The van der Waals surface area contributed by atoms with Crippen LogP contribution in [0.2, 0.25) is 0 Å². The van der Waals surface area contributed by atoms with Crippen molar-refractivity contribution in [1.29, 1.82) is 0 Å². The van der Waals surface area contributed by atoms with Crippen molar-refractivity contribution < 1.29 is 35.5 Å². The molecule has 0 atom stereocenters. The molecule has 0 saturated heterocycles. The topological polar surface area (TPSA) is 20.3 Å². The predicted octanol–water partition coefficient (Wildman–Crippen LogP) is 3.48. The highest BCUT2D eigenvalue weighted by atomic mass is 19.4. The van der Waals surface area contributed by atoms with Crippen LogP contribution in [-0.4, -0.2) is 30.6 Å². The van der Waals surface area contributed by atoms with Crippen LogP contribution in [0.15, 0.2) is 18.2 Å². The van der Waals surface area contributed by atoms with Crippen molar-refractivity contribution in [2.75, 3.05) is 13.6 Å². The molecule has 0 aliphatic carbocycles. The Morgan fingerprint density at radius 2 is 1.70 bits per heavy atom. The third-order valence-electron chi connectivity index (χ3n) is 2.30. The maximum Gasteiger partial charge on any atom is 0.419 e. The van der Waals surface area contributed by atoms with E-state index in [1.807, 2.05) is 0 Å². The van der Waals surface area contributed by atoms with Gasteiger partial charge in [0.1, 0.15) is 12.4 Å². The summed E-state index contributed by atoms with van der Waals surface area (Å²) in [6.45, 7) is -1.69. The van der Waals surface area contributed by atoms with Gasteiger partial charge in [-0.25, -0.2) is 4.39 Å². The molecule has 0 N–H and O–H groups in total. The summed E-state index contributed by atoms with van der Waals surface area (Å²) in [4.78, 5) is 11.6. The second-order valence-electron chi connectivity index (χ2n) is 3.94. The molecule has 1 aromatic carbocycles. The third-order valence-corrected chi connectivity index (χ3v) is 2.30. The van der Waals surface area contributed by atoms with E-state index in [4.69, 9.17) is 0 Å². The first-order valence-electron chi connectivity index (χ1n) is 5.11. The lowest BCUT2D eigenvalue weighted by Crippen LogP contribution is -2.36. The summed E-state index contributed by atoms with van der Waals surface area (Å²) in [6.07, 6.45) is -9.77. The molecule has 0 heterocycles. The Kier molecular flexibility index (Phi) is 4.30. The lowest BCUT2D eigenvalue weighted by molar-refractivity contribution is -0.141. The highest BCUT2D eigenvalue weighted by Gasteiger charge is 2.37. The summed E-state index contributed by atoms with van der Waals surface area (Å²) >= 11 is 0. The molecule has 0 radical (unpaired) electrons. The van der Waals surface area contributed by atoms with Gasteiger partial charge in [-0.05, 0) is 12.1 Å². The number of benzene rings is 1. The molecule has 0 saturated carbocycles. The Balaban J connectivity index is 3.12. The second-order valence-corrected chi connectivity index (χ2v) is 3.94. The molecule has 1 rings (SSSR count). The van der Waals surface area contributed by atoms with Crippen molar-refractivity contribution in [3.8, 4) is 0 Å². The van der Waals surface area contributed by atoms with Crippen LogP contribution in [0.25, 0.3) is 0 Å². The molecule has 0 aliphatic rings. The van der Waals surface area contributed by atoms with Crippen LogP contribution in [0.3, 0.4) is 0 Å². The number of carbonyl (C=O) groups excluding carboxylic acids is 1. The number of hydrogen-bond donors (Lipinski definition) is 0. The quantitative estimate of drug-likeness (QED) is 0.766. The predicted molar refractivity (Wildman–Crippen MR) is 54.4 cm³/mol. The van der Waals surface area contributed by atoms with Crippen molar-refractivity contribution in [1.82, 2.24) is 4.90 Å². The molecule has 0 fully saturated rings. The van der Waals surface area contributed by atoms with Gasteiger partial charge >= 0.3 is 12.4 Å². The molecule has 20 heavy (non-hydrogen) atoms. The van der Waals surface area contributed by atoms with Crippen LogP contribution < -0.4 is 0 Å². The molecule has 0 aliphatic heterocycles. The van der Waals surface area contributed by atoms with Gasteiger partial charge in [0.25, 0.3) is 5.91 Å². The SMILES string of the molecule is CN(CC(F)(F)F)C(=O)c1cccc(C(F)(F)F)c1F. The van der Waals surface area contributed by atoms with Gasteiger partial charge in [-0.2, -0.15) is 26.3 Å². The van der Waals surface area contributed by atoms with Gasteiger partial charge in [-0.1, -0.05) is 6.07 Å². The third kappa shape index (κ3) is 3.84. The van der Waals surface area contributed by atoms with Gasteiger partial charge in [0.2, 0.25) is 0 Å². The lowest BCUT2D eigenvalue weighted by atomic mass is 10.1. The molecule has 112 valence electrons. The molecular weight excluding hydrogens is 295 g/mol. The van der Waals surface area contributed by atoms with Gasteiger partial charge in [-0.3, -0.25) is 4.79 Å². The molecule has 0 aromatic heterocycles. The van der Waals surface area contributed by atoms with Crippen molar-refractivity contribution in [3.05, 3.63) is 35.1 Å². The average Bonchev–Trinajstić information content (AvgIpc) is 2.24. The minimum atomic E-state index is -5.04. The summed E-state index contributed by atoms with van der Waals surface area (Å²) in [5, 5.41) is 0. The summed E-state index contributed by atoms with van der Waals surface area (Å²) in [6, 6.07) is 1.84. The lowest BCUT2D eigenvalue weighted by Gasteiger charge is -2.20. The molecule has 2 nitrogen and oxygen atoms in total. The molecule has 0 bridgehead atoms. The van der Waals surface area contributed by atoms with E-state index >= 15 is 0 Å². The summed E-state index contributed by atoms with van der Waals surface area (Å²) in [5.74, 6) is -3.37. The summed E-state index contributed by atoms with van der Waals surface area (Å²) in [7, 11) is 0.718. The number of rotatable bonds is 2. The molecule has 1 aromatic rings. The van der Waals surface area contributed by atoms with E-state index < -0.39 is 41.7 Å². The van der Waals surface area contributed by atoms with Crippen LogP contribution in [-0.2, 0) is 6.18 Å². The number of amides is 1. The van der Waals surface area contributed by atoms with E-state index in [2.05, 4.69) is 0 Å². The Hall–Kier alpha value is -1.80. The second kappa shape index (κ2) is 5.29. The monoisotopic (exact) mass is 303 g/mol. The standard InChI is InChI=1S/C11H8F7NO/c1-19(5-10(13,14)15)9(20)6-3-2-4-7(8(6)12)11(16,17)18/h2-4H,5H2,1H3.